The van der Waals surface area contributed by atoms with Gasteiger partial charge in [-0.3, -0.25) is 0 Å². The van der Waals surface area contributed by atoms with Crippen LogP contribution in [0, 0.1) is 0 Å². The highest BCUT2D eigenvalue weighted by Crippen LogP contribution is 2.60. The van der Waals surface area contributed by atoms with E-state index in [-0.39, 0.29) is 0 Å². The summed E-state index contributed by atoms with van der Waals surface area (Å²) in [5.41, 5.74) is 0. The molecule has 0 spiro atoms. The van der Waals surface area contributed by atoms with Gasteiger partial charge in [0.25, 0.3) is 0 Å². The molecule has 1 nitrogen and oxygen atoms in total. The van der Waals surface area contributed by atoms with Crippen molar-refractivity contribution in [1.82, 2.24) is 0 Å². The second-order valence-electron chi connectivity index (χ2n) is 2.20. The van der Waals surface area contributed by atoms with E-state index in [4.69, 9.17) is 0 Å². The third kappa shape index (κ3) is 4.49. The number of rotatable bonds is 6. The van der Waals surface area contributed by atoms with Crippen molar-refractivity contribution in [3.63, 3.8) is 0 Å². The number of unbranched alkanes of at least 4 members (excludes halogenated alkanes) is 1. The highest BCUT2D eigenvalue weighted by molar-refractivity contribution is 8.60. The lowest BCUT2D eigenvalue weighted by atomic mass is 10.4. The van der Waals surface area contributed by atoms with Crippen LogP contribution in [0.1, 0.15) is 19.8 Å². The average molecular weight is 190 g/mol. The van der Waals surface area contributed by atoms with Crippen LogP contribution in [0.15, 0.2) is 24.8 Å². The average Bonchev–Trinajstić information content (AvgIpc) is 2.05. The third-order valence-electron chi connectivity index (χ3n) is 1.30. The van der Waals surface area contributed by atoms with E-state index in [0.29, 0.717) is 0 Å². The van der Waals surface area contributed by atoms with E-state index in [1.54, 1.807) is 0 Å². The Kier molecular flexibility index (Phi) is 5.71. The minimum absolute atomic E-state index is 0.936. The molecule has 0 saturated heterocycles. The van der Waals surface area contributed by atoms with Crippen LogP contribution in [0.5, 0.6) is 0 Å². The molecule has 0 aromatic carbocycles. The quantitative estimate of drug-likeness (QED) is 0.463. The Labute approximate surface area is 73.1 Å². The van der Waals surface area contributed by atoms with Gasteiger partial charge in [0.15, 0.2) is 6.34 Å². The van der Waals surface area contributed by atoms with Gasteiger partial charge in [-0.1, -0.05) is 37.9 Å². The van der Waals surface area contributed by atoms with E-state index in [0.717, 1.165) is 18.6 Å². The molecule has 11 heavy (non-hydrogen) atoms. The van der Waals surface area contributed by atoms with Crippen molar-refractivity contribution in [3.05, 3.63) is 24.8 Å². The monoisotopic (exact) mass is 190 g/mol. The Morgan fingerprint density at radius 1 is 1.45 bits per heavy atom. The Morgan fingerprint density at radius 2 is 2.00 bits per heavy atom. The molecule has 0 aliphatic rings. The molecule has 0 heterocycles. The van der Waals surface area contributed by atoms with E-state index < -0.39 is 6.34 Å². The Morgan fingerprint density at radius 3 is 2.36 bits per heavy atom. The zero-order chi connectivity index (χ0) is 8.74. The van der Waals surface area contributed by atoms with E-state index in [9.17, 15) is 4.57 Å². The zero-order valence-corrected chi connectivity index (χ0v) is 8.66. The lowest BCUT2D eigenvalue weighted by molar-refractivity contribution is 0.595. The van der Waals surface area contributed by atoms with Gasteiger partial charge in [0.05, 0.1) is 0 Å². The summed E-state index contributed by atoms with van der Waals surface area (Å²) in [6, 6.07) is 0. The summed E-state index contributed by atoms with van der Waals surface area (Å²) in [4.78, 5) is 0. The molecule has 0 bridgehead atoms. The first-order valence-electron chi connectivity index (χ1n) is 3.69. The molecule has 0 aromatic heterocycles. The molecule has 0 fully saturated rings. The summed E-state index contributed by atoms with van der Waals surface area (Å²) in [5, 5.41) is 0. The predicted octanol–water partition coefficient (Wildman–Crippen LogP) is 4.08. The van der Waals surface area contributed by atoms with Crippen LogP contribution < -0.4 is 0 Å². The van der Waals surface area contributed by atoms with Crippen molar-refractivity contribution >= 4 is 17.7 Å². The van der Waals surface area contributed by atoms with Gasteiger partial charge < -0.3 is 4.57 Å². The fraction of sp³-hybridized carbons (Fsp3) is 0.500. The van der Waals surface area contributed by atoms with E-state index in [1.165, 1.54) is 23.0 Å². The fourth-order valence-electron chi connectivity index (χ4n) is 0.532. The van der Waals surface area contributed by atoms with Gasteiger partial charge in [0.1, 0.15) is 0 Å². The van der Waals surface area contributed by atoms with Gasteiger partial charge in [-0.05, 0) is 18.1 Å². The first-order chi connectivity index (χ1) is 5.18. The molecule has 0 unspecified atom stereocenters. The smallest absolute Gasteiger partial charge is 0.180 e. The Bertz CT molecular complexity index is 165. The largest absolute Gasteiger partial charge is 0.303 e. The first kappa shape index (κ1) is 11.1. The van der Waals surface area contributed by atoms with Crippen LogP contribution in [-0.2, 0) is 4.57 Å². The van der Waals surface area contributed by atoms with Gasteiger partial charge >= 0.3 is 0 Å². The maximum Gasteiger partial charge on any atom is 0.180 e. The number of hydrogen-bond acceptors (Lipinski definition) is 2. The van der Waals surface area contributed by atoms with Gasteiger partial charge in [0, 0.05) is 5.75 Å². The van der Waals surface area contributed by atoms with Crippen molar-refractivity contribution in [1.29, 1.82) is 0 Å². The van der Waals surface area contributed by atoms with Crippen LogP contribution in [0.25, 0.3) is 0 Å². The summed E-state index contributed by atoms with van der Waals surface area (Å²) < 4.78 is 11.6. The lowest BCUT2D eigenvalue weighted by Gasteiger charge is -2.06. The molecule has 64 valence electrons. The molecule has 0 radical (unpaired) electrons. The van der Waals surface area contributed by atoms with Gasteiger partial charge in [-0.15, -0.1) is 0 Å². The number of hydrogen-bond donors (Lipinski definition) is 0. The molecule has 0 atom stereocenters. The molecular formula is C8H15OPS. The van der Waals surface area contributed by atoms with Gasteiger partial charge in [-0.2, -0.15) is 0 Å². The predicted molar refractivity (Wildman–Crippen MR) is 55.4 cm³/mol. The Hall–Kier alpha value is 0.0600. The van der Waals surface area contributed by atoms with E-state index in [1.807, 2.05) is 0 Å². The first-order valence-corrected chi connectivity index (χ1v) is 7.13. The summed E-state index contributed by atoms with van der Waals surface area (Å²) in [6.07, 6.45) is -0.0188. The summed E-state index contributed by atoms with van der Waals surface area (Å²) in [7, 11) is 0. The zero-order valence-electron chi connectivity index (χ0n) is 6.95. The highest BCUT2D eigenvalue weighted by atomic mass is 32.7. The Balaban J connectivity index is 3.79. The SMILES string of the molecule is C=CP(=O)(C=C)SCCCC. The van der Waals surface area contributed by atoms with E-state index >= 15 is 0 Å². The minimum Gasteiger partial charge on any atom is -0.303 e. The lowest BCUT2D eigenvalue weighted by Crippen LogP contribution is -1.75. The van der Waals surface area contributed by atoms with Crippen LogP contribution in [0.2, 0.25) is 0 Å². The van der Waals surface area contributed by atoms with Crippen LogP contribution in [0.4, 0.5) is 0 Å². The van der Waals surface area contributed by atoms with Gasteiger partial charge in [0.2, 0.25) is 0 Å². The second kappa shape index (κ2) is 5.68. The standard InChI is InChI=1S/C8H15OPS/c1-4-7-8-11-10(9,5-2)6-3/h5-6H,2-4,7-8H2,1H3. The second-order valence-corrected chi connectivity index (χ2v) is 7.37. The maximum atomic E-state index is 11.6. The van der Waals surface area contributed by atoms with Crippen LogP contribution in [-0.4, -0.2) is 5.75 Å². The maximum absolute atomic E-state index is 11.6. The molecule has 0 aromatic rings. The highest BCUT2D eigenvalue weighted by Gasteiger charge is 2.11. The minimum atomic E-state index is -2.27. The third-order valence-corrected chi connectivity index (χ3v) is 5.85. The molecule has 0 N–H and O–H groups in total. The van der Waals surface area contributed by atoms with Crippen molar-refractivity contribution in [2.24, 2.45) is 0 Å². The van der Waals surface area contributed by atoms with Crippen molar-refractivity contribution < 1.29 is 4.57 Å². The summed E-state index contributed by atoms with van der Waals surface area (Å²) >= 11 is 1.47. The van der Waals surface area contributed by atoms with Crippen molar-refractivity contribution in [2.45, 2.75) is 19.8 Å². The van der Waals surface area contributed by atoms with Gasteiger partial charge in [-0.25, -0.2) is 0 Å². The molecule has 0 rings (SSSR count). The molecule has 0 aliphatic heterocycles. The summed E-state index contributed by atoms with van der Waals surface area (Å²) in [6.45, 7) is 9.17. The molecule has 0 saturated carbocycles. The van der Waals surface area contributed by atoms with Crippen LogP contribution >= 0.6 is 17.7 Å². The summed E-state index contributed by atoms with van der Waals surface area (Å²) in [5.74, 6) is 3.96. The molecule has 0 aliphatic carbocycles. The molecule has 3 heteroatoms. The fourth-order valence-corrected chi connectivity index (χ4v) is 3.47. The molecule has 0 amide bonds. The van der Waals surface area contributed by atoms with E-state index in [2.05, 4.69) is 20.1 Å². The normalized spacial score (nSPS) is 11.0. The van der Waals surface area contributed by atoms with Crippen molar-refractivity contribution in [3.8, 4) is 0 Å². The topological polar surface area (TPSA) is 17.1 Å². The molecular weight excluding hydrogens is 175 g/mol. The van der Waals surface area contributed by atoms with Crippen molar-refractivity contribution in [2.75, 3.05) is 5.75 Å². The van der Waals surface area contributed by atoms with Crippen LogP contribution in [0.3, 0.4) is 0 Å².